The zero-order chi connectivity index (χ0) is 11.5. The topological polar surface area (TPSA) is 95.9 Å². The first-order valence-electron chi connectivity index (χ1n) is 4.00. The molecule has 0 aliphatic rings. The molecule has 1 atom stereocenters. The molecule has 0 heterocycles. The average Bonchev–Trinajstić information content (AvgIpc) is 2.18. The van der Waals surface area contributed by atoms with Crippen molar-refractivity contribution in [1.29, 1.82) is 0 Å². The van der Waals surface area contributed by atoms with Crippen LogP contribution in [-0.2, 0) is 12.4 Å². The Bertz CT molecular complexity index is 402. The van der Waals surface area contributed by atoms with Crippen LogP contribution in [0.25, 0.3) is 0 Å². The predicted molar refractivity (Wildman–Crippen MR) is 52.8 cm³/mol. The number of carbonyl (C=O) groups is 1. The van der Waals surface area contributed by atoms with Crippen LogP contribution in [0.2, 0.25) is 0 Å². The first kappa shape index (κ1) is 12.0. The maximum atomic E-state index is 11.2. The van der Waals surface area contributed by atoms with E-state index in [1.807, 2.05) is 0 Å². The van der Waals surface area contributed by atoms with Gasteiger partial charge in [0.25, 0.3) is 0 Å². The van der Waals surface area contributed by atoms with Gasteiger partial charge in [0, 0.05) is 0 Å². The van der Waals surface area contributed by atoms with E-state index in [0.717, 1.165) is 0 Å². The monoisotopic (exact) mass is 275 g/mol. The Labute approximate surface area is 88.8 Å². The van der Waals surface area contributed by atoms with E-state index in [-0.39, 0.29) is 10.3 Å². The van der Waals surface area contributed by atoms with E-state index in [1.165, 1.54) is 31.2 Å². The van der Waals surface area contributed by atoms with Crippen LogP contribution < -0.4 is 9.67 Å². The number of carbonyl (C=O) groups excluding carboxylic acids is 1. The van der Waals surface area contributed by atoms with Crippen LogP contribution >= 0.6 is 0 Å². The van der Waals surface area contributed by atoms with Crippen LogP contribution in [0.4, 0.5) is 5.69 Å². The molecule has 1 amide bonds. The molecular weight excluding hydrogens is 265 g/mol. The van der Waals surface area contributed by atoms with Crippen molar-refractivity contribution >= 4 is 30.1 Å². The van der Waals surface area contributed by atoms with Gasteiger partial charge in [-0.3, -0.25) is 0 Å². The van der Waals surface area contributed by atoms with Crippen molar-refractivity contribution in [3.63, 3.8) is 0 Å². The summed E-state index contributed by atoms with van der Waals surface area (Å²) in [6.07, 6.45) is 0. The SMILES string of the molecule is CC(=O)Nc1ccc([As](=O)(O)OO)cc1. The van der Waals surface area contributed by atoms with Crippen LogP contribution in [0.5, 0.6) is 0 Å². The zero-order valence-corrected chi connectivity index (χ0v) is 9.75. The molecule has 7 heteroatoms. The second-order valence-electron chi connectivity index (χ2n) is 2.83. The minimum atomic E-state index is -4.76. The summed E-state index contributed by atoms with van der Waals surface area (Å²) in [4.78, 5) is 10.7. The molecule has 1 aromatic rings. The molecule has 6 nitrogen and oxygen atoms in total. The van der Waals surface area contributed by atoms with Crippen molar-refractivity contribution in [2.24, 2.45) is 0 Å². The molecule has 0 aliphatic carbocycles. The van der Waals surface area contributed by atoms with E-state index in [0.29, 0.717) is 5.69 Å². The van der Waals surface area contributed by atoms with Gasteiger partial charge in [0.05, 0.1) is 0 Å². The second kappa shape index (κ2) is 4.63. The number of benzene rings is 1. The summed E-state index contributed by atoms with van der Waals surface area (Å²) in [5.74, 6) is -0.237. The van der Waals surface area contributed by atoms with E-state index < -0.39 is 14.2 Å². The molecule has 0 spiro atoms. The Hall–Kier alpha value is -1.07. The molecule has 1 unspecified atom stereocenters. The second-order valence-corrected chi connectivity index (χ2v) is 6.44. The average molecular weight is 275 g/mol. The molecule has 0 saturated heterocycles. The molecular formula is C8H10AsNO5. The first-order chi connectivity index (χ1) is 6.95. The van der Waals surface area contributed by atoms with E-state index in [4.69, 9.17) is 9.35 Å². The third kappa shape index (κ3) is 3.21. The van der Waals surface area contributed by atoms with Gasteiger partial charge >= 0.3 is 88.4 Å². The summed E-state index contributed by atoms with van der Waals surface area (Å²) in [5, 5.41) is 10.7. The van der Waals surface area contributed by atoms with Crippen LogP contribution in [0, 0.1) is 0 Å². The Balaban J connectivity index is 2.90. The van der Waals surface area contributed by atoms with Crippen LogP contribution in [0.3, 0.4) is 0 Å². The molecule has 1 aromatic carbocycles. The van der Waals surface area contributed by atoms with Crippen molar-refractivity contribution in [2.75, 3.05) is 5.32 Å². The summed E-state index contributed by atoms with van der Waals surface area (Å²) < 4.78 is 23.8. The zero-order valence-electron chi connectivity index (χ0n) is 7.88. The Morgan fingerprint density at radius 2 is 1.93 bits per heavy atom. The van der Waals surface area contributed by atoms with Gasteiger partial charge in [0.15, 0.2) is 0 Å². The van der Waals surface area contributed by atoms with Gasteiger partial charge < -0.3 is 0 Å². The van der Waals surface area contributed by atoms with Gasteiger partial charge in [0.1, 0.15) is 0 Å². The number of rotatable bonds is 3. The van der Waals surface area contributed by atoms with Gasteiger partial charge in [-0.05, 0) is 0 Å². The molecule has 3 N–H and O–H groups in total. The van der Waals surface area contributed by atoms with E-state index >= 15 is 0 Å². The van der Waals surface area contributed by atoms with Crippen molar-refractivity contribution in [1.82, 2.24) is 0 Å². The van der Waals surface area contributed by atoms with Gasteiger partial charge in [-0.2, -0.15) is 0 Å². The fraction of sp³-hybridized carbons (Fsp3) is 0.125. The Morgan fingerprint density at radius 1 is 1.40 bits per heavy atom. The summed E-state index contributed by atoms with van der Waals surface area (Å²) >= 11 is -4.76. The molecule has 0 aromatic heterocycles. The van der Waals surface area contributed by atoms with E-state index in [2.05, 4.69) is 9.19 Å². The third-order valence-electron chi connectivity index (χ3n) is 1.62. The van der Waals surface area contributed by atoms with Crippen LogP contribution in [0.15, 0.2) is 24.3 Å². The number of nitrogens with one attached hydrogen (secondary N) is 1. The maximum absolute atomic E-state index is 11.2. The number of anilines is 1. The summed E-state index contributed by atoms with van der Waals surface area (Å²) in [7, 11) is 0. The van der Waals surface area contributed by atoms with Crippen LogP contribution in [-0.4, -0.2) is 29.4 Å². The van der Waals surface area contributed by atoms with Crippen molar-refractivity contribution < 1.29 is 21.8 Å². The van der Waals surface area contributed by atoms with Crippen LogP contribution in [0.1, 0.15) is 6.92 Å². The molecule has 82 valence electrons. The van der Waals surface area contributed by atoms with E-state index in [1.54, 1.807) is 0 Å². The molecule has 0 bridgehead atoms. The number of hydrogen-bond donors (Lipinski definition) is 3. The van der Waals surface area contributed by atoms with Crippen molar-refractivity contribution in [3.05, 3.63) is 24.3 Å². The molecule has 0 aliphatic heterocycles. The standard InChI is InChI=1S/C8H10AsNO5/c1-6(11)10-8-4-2-7(3-5-8)9(12,13)15-14/h2-5,14H,1H3,(H,10,11)(H,12,13). The van der Waals surface area contributed by atoms with Gasteiger partial charge in [-0.1, -0.05) is 0 Å². The fourth-order valence-electron chi connectivity index (χ4n) is 0.984. The molecule has 1 rings (SSSR count). The van der Waals surface area contributed by atoms with Gasteiger partial charge in [-0.25, -0.2) is 0 Å². The summed E-state index contributed by atoms with van der Waals surface area (Å²) in [6.45, 7) is 1.35. The molecule has 0 radical (unpaired) electrons. The van der Waals surface area contributed by atoms with Crippen molar-refractivity contribution in [3.8, 4) is 0 Å². The normalized spacial score (nSPS) is 14.3. The Kier molecular flexibility index (Phi) is 3.71. The summed E-state index contributed by atoms with van der Waals surface area (Å²) in [6, 6.07) is 5.50. The predicted octanol–water partition coefficient (Wildman–Crippen LogP) is -0.297. The minimum absolute atomic E-state index is 0.00438. The van der Waals surface area contributed by atoms with Gasteiger partial charge in [0.2, 0.25) is 0 Å². The third-order valence-corrected chi connectivity index (χ3v) is 4.08. The molecule has 0 fully saturated rings. The first-order valence-corrected chi connectivity index (χ1v) is 7.31. The number of amides is 1. The van der Waals surface area contributed by atoms with Gasteiger partial charge in [-0.15, -0.1) is 0 Å². The number of hydrogen-bond acceptors (Lipinski definition) is 4. The summed E-state index contributed by atoms with van der Waals surface area (Å²) in [5.41, 5.74) is 0.500. The van der Waals surface area contributed by atoms with E-state index in [9.17, 15) is 8.53 Å². The fourth-order valence-corrected chi connectivity index (χ4v) is 2.28. The van der Waals surface area contributed by atoms with Crippen molar-refractivity contribution in [2.45, 2.75) is 6.92 Å². The Morgan fingerprint density at radius 3 is 2.33 bits per heavy atom. The molecule has 0 saturated carbocycles. The quantitative estimate of drug-likeness (QED) is 0.400. The molecule has 15 heavy (non-hydrogen) atoms.